The topological polar surface area (TPSA) is 29.5 Å². The number of para-hydroxylation sites is 1. The molecule has 0 radical (unpaired) electrons. The number of phenols is 1. The highest BCUT2D eigenvalue weighted by Crippen LogP contribution is 2.30. The SMILES string of the molecule is CCOc1cccc(CCCS)c1O. The lowest BCUT2D eigenvalue weighted by Crippen LogP contribution is -1.94. The second-order valence-corrected chi connectivity index (χ2v) is 3.47. The summed E-state index contributed by atoms with van der Waals surface area (Å²) in [6.45, 7) is 2.48. The van der Waals surface area contributed by atoms with E-state index in [9.17, 15) is 5.11 Å². The summed E-state index contributed by atoms with van der Waals surface area (Å²) in [6.07, 6.45) is 1.81. The highest BCUT2D eigenvalue weighted by molar-refractivity contribution is 7.80. The van der Waals surface area contributed by atoms with E-state index in [1.165, 1.54) is 0 Å². The van der Waals surface area contributed by atoms with Gasteiger partial charge in [-0.15, -0.1) is 0 Å². The first-order valence-electron chi connectivity index (χ1n) is 4.84. The van der Waals surface area contributed by atoms with Gasteiger partial charge in [0.15, 0.2) is 11.5 Å². The fourth-order valence-electron chi connectivity index (χ4n) is 1.31. The van der Waals surface area contributed by atoms with Crippen LogP contribution in [0, 0.1) is 0 Å². The van der Waals surface area contributed by atoms with Gasteiger partial charge in [0.25, 0.3) is 0 Å². The molecule has 0 unspecified atom stereocenters. The van der Waals surface area contributed by atoms with Gasteiger partial charge in [-0.3, -0.25) is 0 Å². The Bertz CT molecular complexity index is 287. The number of aromatic hydroxyl groups is 1. The van der Waals surface area contributed by atoms with Gasteiger partial charge in [0.05, 0.1) is 6.61 Å². The Balaban J connectivity index is 2.78. The fourth-order valence-corrected chi connectivity index (χ4v) is 1.47. The maximum Gasteiger partial charge on any atom is 0.161 e. The molecule has 1 N–H and O–H groups in total. The molecule has 0 bridgehead atoms. The predicted octanol–water partition coefficient (Wildman–Crippen LogP) is 2.65. The van der Waals surface area contributed by atoms with Crippen LogP contribution in [-0.4, -0.2) is 17.5 Å². The summed E-state index contributed by atoms with van der Waals surface area (Å²) >= 11 is 4.14. The first-order valence-corrected chi connectivity index (χ1v) is 5.47. The van der Waals surface area contributed by atoms with E-state index in [0.717, 1.165) is 24.2 Å². The number of ether oxygens (including phenoxy) is 1. The van der Waals surface area contributed by atoms with E-state index in [2.05, 4.69) is 12.6 Å². The molecule has 0 atom stereocenters. The Kier molecular flexibility index (Phi) is 4.66. The zero-order chi connectivity index (χ0) is 10.4. The van der Waals surface area contributed by atoms with Crippen LogP contribution in [0.4, 0.5) is 0 Å². The van der Waals surface area contributed by atoms with Crippen LogP contribution in [0.1, 0.15) is 18.9 Å². The minimum Gasteiger partial charge on any atom is -0.504 e. The molecule has 0 saturated carbocycles. The molecule has 3 heteroatoms. The van der Waals surface area contributed by atoms with Gasteiger partial charge in [-0.05, 0) is 37.1 Å². The average Bonchev–Trinajstić information content (AvgIpc) is 2.20. The van der Waals surface area contributed by atoms with Crippen LogP contribution < -0.4 is 4.74 Å². The molecular weight excluding hydrogens is 196 g/mol. The normalized spacial score (nSPS) is 10.1. The van der Waals surface area contributed by atoms with Crippen LogP contribution in [0.2, 0.25) is 0 Å². The van der Waals surface area contributed by atoms with Crippen molar-refractivity contribution in [2.24, 2.45) is 0 Å². The number of rotatable bonds is 5. The molecule has 0 aliphatic heterocycles. The van der Waals surface area contributed by atoms with Gasteiger partial charge in [0.1, 0.15) is 0 Å². The van der Waals surface area contributed by atoms with Gasteiger partial charge < -0.3 is 9.84 Å². The monoisotopic (exact) mass is 212 g/mol. The number of hydrogen-bond donors (Lipinski definition) is 2. The van der Waals surface area contributed by atoms with Crippen molar-refractivity contribution in [1.29, 1.82) is 0 Å². The molecule has 14 heavy (non-hydrogen) atoms. The zero-order valence-electron chi connectivity index (χ0n) is 8.36. The molecule has 2 nitrogen and oxygen atoms in total. The lowest BCUT2D eigenvalue weighted by molar-refractivity contribution is 0.316. The number of aryl methyl sites for hydroxylation is 1. The molecule has 1 rings (SSSR count). The summed E-state index contributed by atoms with van der Waals surface area (Å²) in [4.78, 5) is 0. The van der Waals surface area contributed by atoms with E-state index < -0.39 is 0 Å². The van der Waals surface area contributed by atoms with Crippen molar-refractivity contribution in [2.75, 3.05) is 12.4 Å². The van der Waals surface area contributed by atoms with E-state index in [-0.39, 0.29) is 5.75 Å². The molecule has 0 heterocycles. The third-order valence-electron chi connectivity index (χ3n) is 1.99. The lowest BCUT2D eigenvalue weighted by Gasteiger charge is -2.09. The Hall–Kier alpha value is -0.830. The molecule has 1 aromatic rings. The minimum absolute atomic E-state index is 0.274. The Labute approximate surface area is 90.3 Å². The van der Waals surface area contributed by atoms with Crippen LogP contribution >= 0.6 is 12.6 Å². The lowest BCUT2D eigenvalue weighted by atomic mass is 10.1. The van der Waals surface area contributed by atoms with Crippen molar-refractivity contribution in [2.45, 2.75) is 19.8 Å². The van der Waals surface area contributed by atoms with E-state index in [0.29, 0.717) is 12.4 Å². The first kappa shape index (κ1) is 11.2. The summed E-state index contributed by atoms with van der Waals surface area (Å²) in [5.41, 5.74) is 0.935. The standard InChI is InChI=1S/C11H16O2S/c1-2-13-10-7-3-5-9(11(10)12)6-4-8-14/h3,5,7,12,14H,2,4,6,8H2,1H3. The number of hydrogen-bond acceptors (Lipinski definition) is 3. The molecular formula is C11H16O2S. The highest BCUT2D eigenvalue weighted by Gasteiger charge is 2.06. The Morgan fingerprint density at radius 2 is 2.21 bits per heavy atom. The zero-order valence-corrected chi connectivity index (χ0v) is 9.26. The third-order valence-corrected chi connectivity index (χ3v) is 2.30. The molecule has 0 saturated heterocycles. The van der Waals surface area contributed by atoms with Gasteiger partial charge in [0, 0.05) is 0 Å². The van der Waals surface area contributed by atoms with Crippen molar-refractivity contribution in [1.82, 2.24) is 0 Å². The van der Waals surface area contributed by atoms with Crippen LogP contribution in [0.25, 0.3) is 0 Å². The smallest absolute Gasteiger partial charge is 0.161 e. The Morgan fingerprint density at radius 3 is 2.86 bits per heavy atom. The van der Waals surface area contributed by atoms with Crippen LogP contribution in [0.15, 0.2) is 18.2 Å². The highest BCUT2D eigenvalue weighted by atomic mass is 32.1. The molecule has 0 aliphatic carbocycles. The fraction of sp³-hybridized carbons (Fsp3) is 0.455. The second-order valence-electron chi connectivity index (χ2n) is 3.02. The maximum atomic E-state index is 9.80. The molecule has 1 aromatic carbocycles. The van der Waals surface area contributed by atoms with Crippen molar-refractivity contribution in [3.05, 3.63) is 23.8 Å². The number of benzene rings is 1. The maximum absolute atomic E-state index is 9.80. The van der Waals surface area contributed by atoms with Gasteiger partial charge in [-0.2, -0.15) is 12.6 Å². The third kappa shape index (κ3) is 2.84. The Morgan fingerprint density at radius 1 is 1.43 bits per heavy atom. The van der Waals surface area contributed by atoms with Crippen molar-refractivity contribution in [3.63, 3.8) is 0 Å². The first-order chi connectivity index (χ1) is 6.79. The summed E-state index contributed by atoms with van der Waals surface area (Å²) in [5.74, 6) is 1.68. The van der Waals surface area contributed by atoms with Crippen LogP contribution in [-0.2, 0) is 6.42 Å². The quantitative estimate of drug-likeness (QED) is 0.735. The van der Waals surface area contributed by atoms with Gasteiger partial charge in [0.2, 0.25) is 0 Å². The van der Waals surface area contributed by atoms with Crippen LogP contribution in [0.5, 0.6) is 11.5 Å². The number of thiol groups is 1. The summed E-state index contributed by atoms with van der Waals surface area (Å²) in [5, 5.41) is 9.80. The summed E-state index contributed by atoms with van der Waals surface area (Å²) < 4.78 is 5.29. The summed E-state index contributed by atoms with van der Waals surface area (Å²) in [7, 11) is 0. The molecule has 0 aromatic heterocycles. The van der Waals surface area contributed by atoms with Crippen molar-refractivity contribution in [3.8, 4) is 11.5 Å². The molecule has 0 fully saturated rings. The van der Waals surface area contributed by atoms with Gasteiger partial charge in [-0.1, -0.05) is 12.1 Å². The van der Waals surface area contributed by atoms with E-state index in [4.69, 9.17) is 4.74 Å². The van der Waals surface area contributed by atoms with Gasteiger partial charge in [-0.25, -0.2) is 0 Å². The van der Waals surface area contributed by atoms with Crippen LogP contribution in [0.3, 0.4) is 0 Å². The predicted molar refractivity (Wildman–Crippen MR) is 61.4 cm³/mol. The van der Waals surface area contributed by atoms with Gasteiger partial charge >= 0.3 is 0 Å². The molecule has 0 amide bonds. The van der Waals surface area contributed by atoms with Crippen molar-refractivity contribution < 1.29 is 9.84 Å². The average molecular weight is 212 g/mol. The van der Waals surface area contributed by atoms with E-state index in [1.807, 2.05) is 19.1 Å². The number of phenolic OH excluding ortho intramolecular Hbond substituents is 1. The second kappa shape index (κ2) is 5.81. The largest absolute Gasteiger partial charge is 0.504 e. The van der Waals surface area contributed by atoms with E-state index in [1.54, 1.807) is 6.07 Å². The molecule has 0 aliphatic rings. The minimum atomic E-state index is 0.274. The van der Waals surface area contributed by atoms with Crippen molar-refractivity contribution >= 4 is 12.6 Å². The summed E-state index contributed by atoms with van der Waals surface area (Å²) in [6, 6.07) is 5.60. The van der Waals surface area contributed by atoms with E-state index >= 15 is 0 Å². The molecule has 78 valence electrons. The molecule has 0 spiro atoms.